The fourth-order valence-electron chi connectivity index (χ4n) is 0. The van der Waals surface area contributed by atoms with Crippen molar-refractivity contribution in [3.05, 3.63) is 0 Å². The van der Waals surface area contributed by atoms with Crippen molar-refractivity contribution in [1.82, 2.24) is 0 Å². The van der Waals surface area contributed by atoms with Gasteiger partial charge in [-0.2, -0.15) is 0 Å². The predicted molar refractivity (Wildman–Crippen MR) is 79.0 cm³/mol. The molecule has 0 aromatic carbocycles. The van der Waals surface area contributed by atoms with E-state index in [2.05, 4.69) is 0 Å². The average Bonchev–Trinajstić information content (AvgIpc) is 1.62. The summed E-state index contributed by atoms with van der Waals surface area (Å²) in [5.41, 5.74) is -3.00. The second kappa shape index (κ2) is 13.0. The van der Waals surface area contributed by atoms with Crippen molar-refractivity contribution in [3.8, 4) is 0 Å². The van der Waals surface area contributed by atoms with E-state index < -0.39 is 22.4 Å². The molecule has 0 N–H and O–H groups in total. The molecule has 0 rings (SSSR count). The van der Waals surface area contributed by atoms with Gasteiger partial charge in [0.15, 0.2) is 0 Å². The van der Waals surface area contributed by atoms with E-state index in [0.29, 0.717) is 0 Å². The summed E-state index contributed by atoms with van der Waals surface area (Å²) in [4.78, 5) is 0. The Labute approximate surface area is 147 Å². The Morgan fingerprint density at radius 1 is 0.333 bits per heavy atom. The number of hydrogen-bond acceptors (Lipinski definition) is 4. The van der Waals surface area contributed by atoms with Gasteiger partial charge in [-0.05, 0) is 0 Å². The molecule has 0 aliphatic rings. The molecule has 5 heteroatoms. The van der Waals surface area contributed by atoms with Crippen LogP contribution in [0.4, 0.5) is 0 Å². The van der Waals surface area contributed by atoms with Gasteiger partial charge < -0.3 is 20.4 Å². The molecule has 0 fully saturated rings. The molecule has 4 nitrogen and oxygen atoms in total. The molecule has 0 bridgehead atoms. The Bertz CT molecular complexity index is 130. The topological polar surface area (TPSA) is 92.2 Å². The summed E-state index contributed by atoms with van der Waals surface area (Å²) in [6.07, 6.45) is 0. The predicted octanol–water partition coefficient (Wildman–Crippen LogP) is 0.578. The van der Waals surface area contributed by atoms with Crippen molar-refractivity contribution in [2.45, 2.75) is 105 Å². The van der Waals surface area contributed by atoms with Crippen LogP contribution < -0.4 is 20.4 Å². The first-order chi connectivity index (χ1) is 8.00. The van der Waals surface area contributed by atoms with E-state index in [-0.39, 0.29) is 21.1 Å². The third-order valence-corrected chi connectivity index (χ3v) is 0. The molecular formula is C16H36O4W. The molecule has 0 spiro atoms. The van der Waals surface area contributed by atoms with E-state index in [1.165, 1.54) is 0 Å². The Kier molecular flexibility index (Phi) is 20.6. The third kappa shape index (κ3) is 25200. The average molecular weight is 476 g/mol. The van der Waals surface area contributed by atoms with Crippen LogP contribution in [0, 0.1) is 0 Å². The summed E-state index contributed by atoms with van der Waals surface area (Å²) < 4.78 is 0. The van der Waals surface area contributed by atoms with E-state index in [0.717, 1.165) is 0 Å². The van der Waals surface area contributed by atoms with Crippen LogP contribution in [-0.2, 0) is 21.1 Å². The number of hydrogen-bond donors (Lipinski definition) is 0. The molecule has 0 unspecified atom stereocenters. The monoisotopic (exact) mass is 476 g/mol. The van der Waals surface area contributed by atoms with Crippen molar-refractivity contribution in [1.29, 1.82) is 0 Å². The van der Waals surface area contributed by atoms with E-state index in [4.69, 9.17) is 0 Å². The van der Waals surface area contributed by atoms with Crippen molar-refractivity contribution < 1.29 is 41.5 Å². The van der Waals surface area contributed by atoms with Gasteiger partial charge in [0.2, 0.25) is 0 Å². The smallest absolute Gasteiger partial charge is 0.850 e. The van der Waals surface area contributed by atoms with Gasteiger partial charge in [-0.3, -0.25) is 0 Å². The minimum Gasteiger partial charge on any atom is -0.850 e. The standard InChI is InChI=1S/4C4H9O.W/c4*1-4(2,3)5;/h4*1-3H3;/q4*-1;+4. The third-order valence-electron chi connectivity index (χ3n) is 0. The van der Waals surface area contributed by atoms with E-state index in [1.807, 2.05) is 0 Å². The molecule has 0 aliphatic heterocycles. The summed E-state index contributed by atoms with van der Waals surface area (Å²) in [5.74, 6) is 0. The summed E-state index contributed by atoms with van der Waals surface area (Å²) in [7, 11) is 0. The molecule has 0 aromatic rings. The zero-order valence-electron chi connectivity index (χ0n) is 16.0. The van der Waals surface area contributed by atoms with Gasteiger partial charge in [0, 0.05) is 0 Å². The molecule has 0 radical (unpaired) electrons. The van der Waals surface area contributed by atoms with Crippen LogP contribution in [0.5, 0.6) is 0 Å². The molecule has 0 aromatic heterocycles. The SMILES string of the molecule is CC(C)(C)[O-].CC(C)(C)[O-].CC(C)(C)[O-].CC(C)(C)[O-].[W+4]. The maximum Gasteiger partial charge on any atom is 4.00 e. The molecule has 0 saturated heterocycles. The van der Waals surface area contributed by atoms with Crippen molar-refractivity contribution in [2.24, 2.45) is 0 Å². The van der Waals surface area contributed by atoms with Crippen molar-refractivity contribution >= 4 is 0 Å². The summed E-state index contributed by atoms with van der Waals surface area (Å²) in [6.45, 7) is 19.6. The van der Waals surface area contributed by atoms with Gasteiger partial charge in [0.1, 0.15) is 0 Å². The molecule has 0 atom stereocenters. The zero-order valence-corrected chi connectivity index (χ0v) is 19.0. The van der Waals surface area contributed by atoms with Gasteiger partial charge in [-0.25, -0.2) is 0 Å². The zero-order chi connectivity index (χ0) is 18.0. The normalized spacial score (nSPS) is 11.4. The molecule has 130 valence electrons. The molecule has 0 heterocycles. The van der Waals surface area contributed by atoms with Crippen LogP contribution >= 0.6 is 0 Å². The van der Waals surface area contributed by atoms with Crippen LogP contribution in [0.25, 0.3) is 0 Å². The largest absolute Gasteiger partial charge is 4.00 e. The second-order valence-corrected chi connectivity index (χ2v) is 8.45. The number of rotatable bonds is 0. The van der Waals surface area contributed by atoms with Gasteiger partial charge in [-0.15, -0.1) is 22.4 Å². The Morgan fingerprint density at radius 3 is 0.333 bits per heavy atom. The van der Waals surface area contributed by atoms with Crippen LogP contribution in [0.15, 0.2) is 0 Å². The van der Waals surface area contributed by atoms with Gasteiger partial charge in [0.25, 0.3) is 0 Å². The Morgan fingerprint density at radius 2 is 0.333 bits per heavy atom. The molecular weight excluding hydrogens is 440 g/mol. The van der Waals surface area contributed by atoms with E-state index >= 15 is 0 Å². The Balaban J connectivity index is -0.0000000533. The molecule has 0 aliphatic carbocycles. The van der Waals surface area contributed by atoms with E-state index in [1.54, 1.807) is 83.1 Å². The van der Waals surface area contributed by atoms with Crippen LogP contribution in [0.1, 0.15) is 83.1 Å². The minimum atomic E-state index is -0.750. The summed E-state index contributed by atoms with van der Waals surface area (Å²) >= 11 is 0. The van der Waals surface area contributed by atoms with Crippen LogP contribution in [-0.4, -0.2) is 22.4 Å². The molecule has 0 saturated carbocycles. The van der Waals surface area contributed by atoms with Crippen molar-refractivity contribution in [3.63, 3.8) is 0 Å². The van der Waals surface area contributed by atoms with Gasteiger partial charge >= 0.3 is 21.1 Å². The summed E-state index contributed by atoms with van der Waals surface area (Å²) in [5, 5.41) is 40.4. The van der Waals surface area contributed by atoms with Crippen LogP contribution in [0.3, 0.4) is 0 Å². The van der Waals surface area contributed by atoms with Gasteiger partial charge in [0.05, 0.1) is 0 Å². The fraction of sp³-hybridized carbons (Fsp3) is 1.00. The molecule has 21 heavy (non-hydrogen) atoms. The minimum absolute atomic E-state index is 0. The first-order valence-electron chi connectivity index (χ1n) is 6.82. The van der Waals surface area contributed by atoms with Gasteiger partial charge in [-0.1, -0.05) is 83.1 Å². The maximum absolute atomic E-state index is 10.1. The fourth-order valence-corrected chi connectivity index (χ4v) is 0. The quantitative estimate of drug-likeness (QED) is 0.512. The Hall–Kier alpha value is 0.528. The second-order valence-electron chi connectivity index (χ2n) is 8.45. The summed E-state index contributed by atoms with van der Waals surface area (Å²) in [6, 6.07) is 0. The van der Waals surface area contributed by atoms with E-state index in [9.17, 15) is 20.4 Å². The first-order valence-corrected chi connectivity index (χ1v) is 6.82. The molecule has 0 amide bonds. The first kappa shape index (κ1) is 33.2. The van der Waals surface area contributed by atoms with Crippen LogP contribution in [0.2, 0.25) is 0 Å². The van der Waals surface area contributed by atoms with Crippen molar-refractivity contribution in [2.75, 3.05) is 0 Å². The maximum atomic E-state index is 10.1.